The first kappa shape index (κ1) is 21.2. The van der Waals surface area contributed by atoms with Crippen LogP contribution in [-0.4, -0.2) is 18.7 Å². The van der Waals surface area contributed by atoms with Crippen LogP contribution < -0.4 is 24.5 Å². The van der Waals surface area contributed by atoms with E-state index in [4.69, 9.17) is 17.0 Å². The summed E-state index contributed by atoms with van der Waals surface area (Å²) in [6.45, 7) is -2.90. The number of aromatic nitrogens is 1. The number of rotatable bonds is 7. The Morgan fingerprint density at radius 1 is 0.967 bits per heavy atom. The van der Waals surface area contributed by atoms with Crippen molar-refractivity contribution in [3.63, 3.8) is 0 Å². The summed E-state index contributed by atoms with van der Waals surface area (Å²) in [6, 6.07) is 17.9. The minimum absolute atomic E-state index is 0.0254. The number of hydrogen-bond donors (Lipinski definition) is 1. The van der Waals surface area contributed by atoms with Crippen molar-refractivity contribution in [2.24, 2.45) is 0 Å². The molecule has 0 amide bonds. The number of thiocarbonyl (C=S) groups is 1. The quantitative estimate of drug-likeness (QED) is 0.269. The van der Waals surface area contributed by atoms with Crippen LogP contribution in [-0.2, 0) is 0 Å². The molecule has 0 radical (unpaired) electrons. The molecule has 0 bridgehead atoms. The van der Waals surface area contributed by atoms with E-state index in [2.05, 4.69) is 10.1 Å². The molecule has 0 spiro atoms. The normalized spacial score (nSPS) is 11.6. The molecule has 1 aromatic heterocycles. The van der Waals surface area contributed by atoms with Crippen molar-refractivity contribution in [3.8, 4) is 11.5 Å². The van der Waals surface area contributed by atoms with Crippen molar-refractivity contribution in [2.75, 3.05) is 12.4 Å². The van der Waals surface area contributed by atoms with Crippen LogP contribution in [0.2, 0.25) is 0 Å². The molecule has 0 unspecified atom stereocenters. The van der Waals surface area contributed by atoms with Crippen molar-refractivity contribution in [2.45, 2.75) is 6.61 Å². The van der Waals surface area contributed by atoms with Crippen molar-refractivity contribution < 1.29 is 27.9 Å². The van der Waals surface area contributed by atoms with Gasteiger partial charge in [0.25, 0.3) is 0 Å². The molecule has 0 saturated heterocycles. The van der Waals surface area contributed by atoms with Gasteiger partial charge >= 0.3 is 6.61 Å². The third-order valence-corrected chi connectivity index (χ3v) is 4.39. The van der Waals surface area contributed by atoms with Gasteiger partial charge in [-0.05, 0) is 47.7 Å². The third-order valence-electron chi connectivity index (χ3n) is 4.09. The molecule has 1 heterocycles. The predicted molar refractivity (Wildman–Crippen MR) is 112 cm³/mol. The van der Waals surface area contributed by atoms with Crippen molar-refractivity contribution in [1.29, 1.82) is 0 Å². The van der Waals surface area contributed by atoms with E-state index in [1.54, 1.807) is 60.5 Å². The number of alkyl halides is 2. The second-order valence-corrected chi connectivity index (χ2v) is 6.45. The number of halogens is 2. The van der Waals surface area contributed by atoms with Gasteiger partial charge in [-0.1, -0.05) is 30.4 Å². The van der Waals surface area contributed by atoms with Crippen molar-refractivity contribution >= 4 is 34.3 Å². The van der Waals surface area contributed by atoms with Gasteiger partial charge in [-0.2, -0.15) is 13.3 Å². The maximum atomic E-state index is 13.2. The number of anilines is 1. The molecule has 0 saturated carbocycles. The third kappa shape index (κ3) is 5.30. The van der Waals surface area contributed by atoms with Gasteiger partial charge in [0.2, 0.25) is 5.70 Å². The zero-order chi connectivity index (χ0) is 21.5. The molecule has 2 aromatic carbocycles. The number of nitrogens with zero attached hydrogens (tertiary/aromatic N) is 1. The lowest BCUT2D eigenvalue weighted by Gasteiger charge is -2.17. The summed E-state index contributed by atoms with van der Waals surface area (Å²) in [4.78, 5) is 0.176. The molecule has 8 heteroatoms. The monoisotopic (exact) mass is 428 g/mol. The highest BCUT2D eigenvalue weighted by Gasteiger charge is 2.18. The average Bonchev–Trinajstić information content (AvgIpc) is 2.75. The summed E-state index contributed by atoms with van der Waals surface area (Å²) in [5.41, 5.74) is 1.20. The van der Waals surface area contributed by atoms with Crippen LogP contribution in [0, 0.1) is 0 Å². The van der Waals surface area contributed by atoms with Crippen molar-refractivity contribution in [1.82, 2.24) is 0 Å². The Morgan fingerprint density at radius 3 is 2.13 bits per heavy atom. The summed E-state index contributed by atoms with van der Waals surface area (Å²) in [7, 11) is 1.55. The molecule has 154 valence electrons. The summed E-state index contributed by atoms with van der Waals surface area (Å²) in [5, 5.41) is 16.2. The van der Waals surface area contributed by atoms with E-state index < -0.39 is 6.61 Å². The number of nitrogens with one attached hydrogen (secondary N) is 1. The summed E-state index contributed by atoms with van der Waals surface area (Å²) in [5.74, 6) is 0.369. The van der Waals surface area contributed by atoms with Crippen LogP contribution in [0.3, 0.4) is 0 Å². The van der Waals surface area contributed by atoms with Crippen LogP contribution in [0.1, 0.15) is 5.56 Å². The molecular weight excluding hydrogens is 410 g/mol. The van der Waals surface area contributed by atoms with Crippen LogP contribution in [0.15, 0.2) is 79.1 Å². The molecule has 1 N–H and O–H groups in total. The first-order chi connectivity index (χ1) is 14.5. The minimum Gasteiger partial charge on any atom is -0.867 e. The zero-order valence-electron chi connectivity index (χ0n) is 15.9. The second kappa shape index (κ2) is 9.80. The first-order valence-electron chi connectivity index (χ1n) is 8.86. The van der Waals surface area contributed by atoms with Gasteiger partial charge < -0.3 is 19.9 Å². The van der Waals surface area contributed by atoms with E-state index in [0.29, 0.717) is 17.0 Å². The molecule has 0 aliphatic rings. The van der Waals surface area contributed by atoms with E-state index in [9.17, 15) is 13.9 Å². The topological polar surface area (TPSA) is 57.4 Å². The Balaban J connectivity index is 1.93. The molecular formula is C22H18F2N2O3S. The maximum absolute atomic E-state index is 13.2. The molecule has 0 atom stereocenters. The van der Waals surface area contributed by atoms with E-state index >= 15 is 0 Å². The number of benzene rings is 2. The SMILES string of the molecule is COc1ccc(/C([O-])=C(/C(=S)Nc2ccc(OC(F)F)cc2)[n+]2ccccc2)cc1. The van der Waals surface area contributed by atoms with E-state index in [1.807, 2.05) is 6.07 Å². The Labute approximate surface area is 177 Å². The smallest absolute Gasteiger partial charge is 0.387 e. The lowest BCUT2D eigenvalue weighted by Crippen LogP contribution is -2.39. The molecule has 3 rings (SSSR count). The number of methoxy groups -OCH3 is 1. The molecule has 3 aromatic rings. The van der Waals surface area contributed by atoms with E-state index in [1.165, 1.54) is 24.3 Å². The molecule has 0 aliphatic carbocycles. The minimum atomic E-state index is -2.90. The Hall–Kier alpha value is -3.52. The van der Waals surface area contributed by atoms with Gasteiger partial charge in [0.05, 0.1) is 7.11 Å². The van der Waals surface area contributed by atoms with Crippen LogP contribution in [0.25, 0.3) is 11.5 Å². The van der Waals surface area contributed by atoms with Crippen LogP contribution in [0.5, 0.6) is 11.5 Å². The fraction of sp³-hybridized carbons (Fsp3) is 0.0909. The van der Waals surface area contributed by atoms with Gasteiger partial charge in [-0.3, -0.25) is 0 Å². The van der Waals surface area contributed by atoms with Gasteiger partial charge in [-0.25, -0.2) is 0 Å². The van der Waals surface area contributed by atoms with Gasteiger partial charge in [0.1, 0.15) is 11.5 Å². The fourth-order valence-corrected chi connectivity index (χ4v) is 2.99. The molecule has 5 nitrogen and oxygen atoms in total. The second-order valence-electron chi connectivity index (χ2n) is 6.05. The number of ether oxygens (including phenoxy) is 2. The number of pyridine rings is 1. The largest absolute Gasteiger partial charge is 0.867 e. The summed E-state index contributed by atoms with van der Waals surface area (Å²) in [6.07, 6.45) is 3.43. The van der Waals surface area contributed by atoms with E-state index in [0.717, 1.165) is 0 Å². The van der Waals surface area contributed by atoms with Crippen molar-refractivity contribution in [3.05, 3.63) is 84.7 Å². The van der Waals surface area contributed by atoms with Gasteiger partial charge in [-0.15, -0.1) is 0 Å². The van der Waals surface area contributed by atoms with Gasteiger partial charge in [0, 0.05) is 17.8 Å². The highest BCUT2D eigenvalue weighted by molar-refractivity contribution is 7.81. The molecule has 30 heavy (non-hydrogen) atoms. The maximum Gasteiger partial charge on any atom is 0.387 e. The summed E-state index contributed by atoms with van der Waals surface area (Å²) < 4.78 is 35.7. The Bertz CT molecular complexity index is 1020. The number of hydrogen-bond acceptors (Lipinski definition) is 4. The fourth-order valence-electron chi connectivity index (χ4n) is 2.67. The average molecular weight is 428 g/mol. The van der Waals surface area contributed by atoms with Crippen LogP contribution >= 0.6 is 12.2 Å². The van der Waals surface area contributed by atoms with Gasteiger partial charge in [0.15, 0.2) is 17.4 Å². The molecule has 0 aliphatic heterocycles. The lowest BCUT2D eigenvalue weighted by atomic mass is 10.1. The Kier molecular flexibility index (Phi) is 6.92. The highest BCUT2D eigenvalue weighted by Crippen LogP contribution is 2.21. The highest BCUT2D eigenvalue weighted by atomic mass is 32.1. The molecule has 0 fully saturated rings. The lowest BCUT2D eigenvalue weighted by molar-refractivity contribution is -0.577. The summed E-state index contributed by atoms with van der Waals surface area (Å²) >= 11 is 5.50. The first-order valence-corrected chi connectivity index (χ1v) is 9.27. The Morgan fingerprint density at radius 2 is 1.57 bits per heavy atom. The standard InChI is InChI=1S/C22H18F2N2O3S/c1-28-17-9-5-15(6-10-17)20(27)19(26-13-3-2-4-14-26)21(30)25-16-7-11-18(12-8-16)29-22(23)24/h2-14,22H,1H3,(H-,25,27,30). The zero-order valence-corrected chi connectivity index (χ0v) is 16.7. The van der Waals surface area contributed by atoms with Crippen LogP contribution in [0.4, 0.5) is 14.5 Å². The van der Waals surface area contributed by atoms with E-state index in [-0.39, 0.29) is 22.2 Å². The predicted octanol–water partition coefficient (Wildman–Crippen LogP) is 3.71.